The van der Waals surface area contributed by atoms with Crippen LogP contribution in [0.1, 0.15) is 58.2 Å². The van der Waals surface area contributed by atoms with E-state index >= 15 is 0 Å². The van der Waals surface area contributed by atoms with Gasteiger partial charge < -0.3 is 9.80 Å². The van der Waals surface area contributed by atoms with E-state index in [1.54, 1.807) is 0 Å². The Morgan fingerprint density at radius 3 is 1.62 bits per heavy atom. The molecule has 236 valence electrons. The summed E-state index contributed by atoms with van der Waals surface area (Å²) in [6, 6.07) is 41.5. The second kappa shape index (κ2) is 10.3. The minimum absolute atomic E-state index is 0.0910. The lowest BCUT2D eigenvalue weighted by Crippen LogP contribution is -2.60. The average Bonchev–Trinajstić information content (AvgIpc) is 3.63. The van der Waals surface area contributed by atoms with Gasteiger partial charge in [0.2, 0.25) is 0 Å². The van der Waals surface area contributed by atoms with Crippen molar-refractivity contribution in [2.24, 2.45) is 0 Å². The lowest BCUT2D eigenvalue weighted by atomic mass is 9.36. The molecule has 4 heterocycles. The molecule has 0 N–H and O–H groups in total. The maximum absolute atomic E-state index is 2.57. The smallest absolute Gasteiger partial charge is 0.266 e. The standard InChI is InChI=1S/C43H39BN2S2/c1-26-24-33-38-34(25-26)46(30-22-18-28(19-23-30)43(5,6)7)41-37(31-12-8-10-14-35(31)48-41)44(38)40-39(32-13-9-11-15-36(32)47-40)45(33)29-20-16-27(17-21-29)42(2,3)4/h8-25H,1-7H3. The van der Waals surface area contributed by atoms with E-state index in [0.717, 1.165) is 0 Å². The molecule has 0 saturated carbocycles. The molecule has 0 spiro atoms. The molecule has 2 aliphatic heterocycles. The molecule has 5 aromatic carbocycles. The van der Waals surface area contributed by atoms with Crippen molar-refractivity contribution in [3.63, 3.8) is 0 Å². The van der Waals surface area contributed by atoms with Crippen molar-refractivity contribution in [3.05, 3.63) is 126 Å². The van der Waals surface area contributed by atoms with E-state index in [2.05, 4.69) is 167 Å². The first-order chi connectivity index (χ1) is 23.0. The number of hydrogen-bond donors (Lipinski definition) is 0. The van der Waals surface area contributed by atoms with Crippen molar-refractivity contribution in [2.75, 3.05) is 9.80 Å². The highest BCUT2D eigenvalue weighted by Gasteiger charge is 2.47. The van der Waals surface area contributed by atoms with Crippen LogP contribution >= 0.6 is 22.7 Å². The lowest BCUT2D eigenvalue weighted by molar-refractivity contribution is 0.590. The summed E-state index contributed by atoms with van der Waals surface area (Å²) >= 11 is 3.90. The SMILES string of the molecule is Cc1cc2c3c(c1)N(c1ccc(C(C)(C)C)cc1)c1c(sc4ccccc14)B3c1c(sc3ccccc13)N2c1ccc(C(C)(C)C)cc1. The zero-order valence-corrected chi connectivity index (χ0v) is 30.3. The molecule has 0 aliphatic carbocycles. The van der Waals surface area contributed by atoms with Gasteiger partial charge in [-0.25, -0.2) is 0 Å². The van der Waals surface area contributed by atoms with Gasteiger partial charge in [0.05, 0.1) is 10.7 Å². The quantitative estimate of drug-likeness (QED) is 0.171. The number of rotatable bonds is 2. The van der Waals surface area contributed by atoms with Crippen molar-refractivity contribution in [2.45, 2.75) is 59.3 Å². The highest BCUT2D eigenvalue weighted by Crippen LogP contribution is 2.50. The molecule has 2 aliphatic rings. The maximum atomic E-state index is 2.57. The van der Waals surface area contributed by atoms with Gasteiger partial charge in [0.15, 0.2) is 0 Å². The molecule has 0 amide bonds. The minimum atomic E-state index is 0.0910. The Hall–Kier alpha value is -4.32. The first-order valence-corrected chi connectivity index (χ1v) is 18.6. The molecule has 5 heteroatoms. The van der Waals surface area contributed by atoms with Crippen molar-refractivity contribution in [1.29, 1.82) is 0 Å². The van der Waals surface area contributed by atoms with Crippen LogP contribution in [0.25, 0.3) is 20.2 Å². The summed E-state index contributed by atoms with van der Waals surface area (Å²) in [4.78, 5) is 5.14. The number of hydrogen-bond acceptors (Lipinski definition) is 4. The van der Waals surface area contributed by atoms with Crippen molar-refractivity contribution in [3.8, 4) is 0 Å². The molecule has 9 rings (SSSR count). The van der Waals surface area contributed by atoms with Crippen LogP contribution in [0.15, 0.2) is 109 Å². The zero-order valence-electron chi connectivity index (χ0n) is 28.7. The van der Waals surface area contributed by atoms with Crippen molar-refractivity contribution in [1.82, 2.24) is 0 Å². The van der Waals surface area contributed by atoms with E-state index in [-0.39, 0.29) is 17.5 Å². The predicted octanol–water partition coefficient (Wildman–Crippen LogP) is 11.1. The van der Waals surface area contributed by atoms with E-state index in [1.165, 1.54) is 86.0 Å². The van der Waals surface area contributed by atoms with Gasteiger partial charge in [-0.2, -0.15) is 0 Å². The Balaban J connectivity index is 1.38. The molecule has 0 fully saturated rings. The molecular weight excluding hydrogens is 619 g/mol. The van der Waals surface area contributed by atoms with Gasteiger partial charge in [-0.3, -0.25) is 0 Å². The molecular formula is C43H39BN2S2. The summed E-state index contributed by atoms with van der Waals surface area (Å²) in [5.74, 6) is 0. The summed E-state index contributed by atoms with van der Waals surface area (Å²) in [5, 5.41) is 4.02. The van der Waals surface area contributed by atoms with E-state index in [1.807, 2.05) is 22.7 Å². The van der Waals surface area contributed by atoms with Crippen LogP contribution < -0.4 is 25.5 Å². The number of thiophene rings is 2. The molecule has 0 radical (unpaired) electrons. The topological polar surface area (TPSA) is 6.48 Å². The summed E-state index contributed by atoms with van der Waals surface area (Å²) in [7, 11) is 0. The Morgan fingerprint density at radius 1 is 0.542 bits per heavy atom. The third-order valence-corrected chi connectivity index (χ3v) is 12.6. The van der Waals surface area contributed by atoms with Gasteiger partial charge in [0.1, 0.15) is 0 Å². The Kier molecular flexibility index (Phi) is 6.42. The number of fused-ring (bicyclic) bond motifs is 8. The van der Waals surface area contributed by atoms with Gasteiger partial charge >= 0.3 is 0 Å². The minimum Gasteiger partial charge on any atom is -0.310 e. The highest BCUT2D eigenvalue weighted by atomic mass is 32.1. The number of anilines is 6. The number of aryl methyl sites for hydroxylation is 1. The molecule has 0 unspecified atom stereocenters. The van der Waals surface area contributed by atoms with Crippen LogP contribution in [-0.4, -0.2) is 6.71 Å². The van der Waals surface area contributed by atoms with Crippen LogP contribution in [0.3, 0.4) is 0 Å². The van der Waals surface area contributed by atoms with Crippen LogP contribution in [0, 0.1) is 6.92 Å². The summed E-state index contributed by atoms with van der Waals surface area (Å²) < 4.78 is 4.11. The van der Waals surface area contributed by atoms with E-state index in [4.69, 9.17) is 0 Å². The third kappa shape index (κ3) is 4.37. The largest absolute Gasteiger partial charge is 0.310 e. The first-order valence-electron chi connectivity index (χ1n) is 17.0. The summed E-state index contributed by atoms with van der Waals surface area (Å²) in [5.41, 5.74) is 13.3. The predicted molar refractivity (Wildman–Crippen MR) is 213 cm³/mol. The zero-order chi connectivity index (χ0) is 33.1. The molecule has 48 heavy (non-hydrogen) atoms. The van der Waals surface area contributed by atoms with E-state index in [9.17, 15) is 0 Å². The van der Waals surface area contributed by atoms with Gasteiger partial charge in [0, 0.05) is 42.3 Å². The molecule has 0 atom stereocenters. The Morgan fingerprint density at radius 2 is 1.04 bits per heavy atom. The van der Waals surface area contributed by atoms with Crippen molar-refractivity contribution < 1.29 is 0 Å². The van der Waals surface area contributed by atoms with Crippen LogP contribution in [0.5, 0.6) is 0 Å². The average molecular weight is 659 g/mol. The maximum Gasteiger partial charge on any atom is 0.266 e. The van der Waals surface area contributed by atoms with Gasteiger partial charge in [-0.1, -0.05) is 102 Å². The fraction of sp³-hybridized carbons (Fsp3) is 0.209. The van der Waals surface area contributed by atoms with E-state index < -0.39 is 0 Å². The molecule has 0 bridgehead atoms. The number of benzene rings is 5. The molecule has 2 aromatic heterocycles. The normalized spacial score (nSPS) is 14.0. The third-order valence-electron chi connectivity index (χ3n) is 10.2. The highest BCUT2D eigenvalue weighted by molar-refractivity contribution is 7.35. The van der Waals surface area contributed by atoms with Crippen LogP contribution in [-0.2, 0) is 10.8 Å². The molecule has 0 saturated heterocycles. The van der Waals surface area contributed by atoms with Gasteiger partial charge in [-0.05, 0) is 99.3 Å². The van der Waals surface area contributed by atoms with Crippen LogP contribution in [0.4, 0.5) is 33.4 Å². The first kappa shape index (κ1) is 29.8. The second-order valence-corrected chi connectivity index (χ2v) is 17.7. The van der Waals surface area contributed by atoms with E-state index in [0.29, 0.717) is 0 Å². The monoisotopic (exact) mass is 658 g/mol. The Labute approximate surface area is 292 Å². The van der Waals surface area contributed by atoms with Crippen LogP contribution in [0.2, 0.25) is 0 Å². The molecule has 7 aromatic rings. The number of nitrogens with zero attached hydrogens (tertiary/aromatic N) is 2. The van der Waals surface area contributed by atoms with Crippen molar-refractivity contribution >= 4 is 98.7 Å². The summed E-state index contributed by atoms with van der Waals surface area (Å²) in [6.07, 6.45) is 0. The van der Waals surface area contributed by atoms with Gasteiger partial charge in [0.25, 0.3) is 6.71 Å². The molecule has 2 nitrogen and oxygen atoms in total. The summed E-state index contributed by atoms with van der Waals surface area (Å²) in [6.45, 7) is 16.2. The lowest BCUT2D eigenvalue weighted by Gasteiger charge is -2.42. The fourth-order valence-corrected chi connectivity index (χ4v) is 10.4. The fourth-order valence-electron chi connectivity index (χ4n) is 7.78. The van der Waals surface area contributed by atoms with Gasteiger partial charge in [-0.15, -0.1) is 22.7 Å². The second-order valence-electron chi connectivity index (χ2n) is 15.5. The Bertz CT molecular complexity index is 2380.